The van der Waals surface area contributed by atoms with Crippen molar-refractivity contribution in [2.75, 3.05) is 13.0 Å². The molecule has 0 radical (unpaired) electrons. The van der Waals surface area contributed by atoms with Gasteiger partial charge in [0.2, 0.25) is 0 Å². The highest BCUT2D eigenvalue weighted by Gasteiger charge is 2.27. The Bertz CT molecular complexity index is 721. The van der Waals surface area contributed by atoms with Gasteiger partial charge in [-0.1, -0.05) is 12.2 Å². The summed E-state index contributed by atoms with van der Waals surface area (Å²) < 4.78 is 30.0. The Morgan fingerprint density at radius 2 is 1.76 bits per heavy atom. The summed E-state index contributed by atoms with van der Waals surface area (Å²) in [6.07, 6.45) is 4.29. The number of nitrogens with one attached hydrogen (secondary N) is 1. The molecule has 0 aromatic carbocycles. The lowest BCUT2D eigenvalue weighted by Crippen LogP contribution is -2.30. The lowest BCUT2D eigenvalue weighted by Gasteiger charge is -2.22. The highest BCUT2D eigenvalue weighted by molar-refractivity contribution is 7.53. The van der Waals surface area contributed by atoms with Gasteiger partial charge < -0.3 is 13.8 Å². The second kappa shape index (κ2) is 9.87. The number of aromatic amines is 1. The summed E-state index contributed by atoms with van der Waals surface area (Å²) in [6, 6.07) is 0. The largest absolute Gasteiger partial charge is 0.365 e. The predicted octanol–water partition coefficient (Wildman–Crippen LogP) is 2.42. The second-order valence-corrected chi connectivity index (χ2v) is 8.02. The van der Waals surface area contributed by atoms with Crippen molar-refractivity contribution >= 4 is 7.60 Å². The lowest BCUT2D eigenvalue weighted by atomic mass is 10.4. The molecule has 9 heteroatoms. The highest BCUT2D eigenvalue weighted by Crippen LogP contribution is 2.50. The average molecular weight is 374 g/mol. The van der Waals surface area contributed by atoms with E-state index in [1.165, 1.54) is 10.8 Å². The van der Waals surface area contributed by atoms with Crippen LogP contribution in [0.5, 0.6) is 0 Å². The Labute approximate surface area is 147 Å². The van der Waals surface area contributed by atoms with E-state index >= 15 is 0 Å². The van der Waals surface area contributed by atoms with Gasteiger partial charge in [-0.25, -0.2) is 4.79 Å². The molecule has 1 aromatic heterocycles. The summed E-state index contributed by atoms with van der Waals surface area (Å²) in [4.78, 5) is 25.2. The van der Waals surface area contributed by atoms with Crippen LogP contribution in [0, 0.1) is 6.92 Å². The molecule has 0 aliphatic rings. The summed E-state index contributed by atoms with van der Waals surface area (Å²) >= 11 is 0. The van der Waals surface area contributed by atoms with Crippen LogP contribution in [0.3, 0.4) is 0 Å². The number of H-pyrrole nitrogens is 1. The van der Waals surface area contributed by atoms with E-state index < -0.39 is 13.3 Å². The number of aryl methyl sites for hydroxylation is 1. The maximum absolute atomic E-state index is 12.5. The standard InChI is InChI=1S/C16H27N2O6P/c1-12(2)23-25(21,24-13(3)4)11-22-9-7-6-8-18-10-14(5)15(19)17-16(18)20/h6-7,10,12-13H,8-9,11H2,1-5H3,(H,17,19,20)/b7-6-. The lowest BCUT2D eigenvalue weighted by molar-refractivity contribution is 0.107. The van der Waals surface area contributed by atoms with Gasteiger partial charge in [-0.2, -0.15) is 0 Å². The van der Waals surface area contributed by atoms with Crippen molar-refractivity contribution in [3.05, 3.63) is 44.8 Å². The van der Waals surface area contributed by atoms with E-state index in [9.17, 15) is 14.2 Å². The molecule has 0 saturated heterocycles. The molecule has 0 unspecified atom stereocenters. The maximum Gasteiger partial charge on any atom is 0.356 e. The van der Waals surface area contributed by atoms with Gasteiger partial charge in [0.05, 0.1) is 18.8 Å². The molecule has 25 heavy (non-hydrogen) atoms. The first-order valence-corrected chi connectivity index (χ1v) is 9.84. The quantitative estimate of drug-likeness (QED) is 0.384. The molecule has 1 N–H and O–H groups in total. The molecule has 0 saturated carbocycles. The topological polar surface area (TPSA) is 99.6 Å². The first-order chi connectivity index (χ1) is 11.6. The third-order valence-electron chi connectivity index (χ3n) is 2.86. The molecule has 8 nitrogen and oxygen atoms in total. The first kappa shape index (κ1) is 21.6. The fourth-order valence-corrected chi connectivity index (χ4v) is 3.76. The van der Waals surface area contributed by atoms with Gasteiger partial charge in [0.25, 0.3) is 5.56 Å². The molecule has 0 bridgehead atoms. The van der Waals surface area contributed by atoms with Crippen LogP contribution < -0.4 is 11.2 Å². The van der Waals surface area contributed by atoms with Crippen LogP contribution in [-0.4, -0.2) is 34.7 Å². The van der Waals surface area contributed by atoms with Gasteiger partial charge in [0, 0.05) is 18.3 Å². The Kier molecular flexibility index (Phi) is 8.52. The van der Waals surface area contributed by atoms with Crippen molar-refractivity contribution in [1.29, 1.82) is 0 Å². The Morgan fingerprint density at radius 3 is 2.32 bits per heavy atom. The molecule has 0 fully saturated rings. The van der Waals surface area contributed by atoms with Gasteiger partial charge in [0.15, 0.2) is 0 Å². The van der Waals surface area contributed by atoms with Crippen molar-refractivity contribution in [3.8, 4) is 0 Å². The number of ether oxygens (including phenoxy) is 1. The smallest absolute Gasteiger partial charge is 0.356 e. The van der Waals surface area contributed by atoms with Crippen molar-refractivity contribution in [2.24, 2.45) is 0 Å². The third kappa shape index (κ3) is 7.96. The van der Waals surface area contributed by atoms with Gasteiger partial charge >= 0.3 is 13.3 Å². The minimum atomic E-state index is -3.31. The number of nitrogens with zero attached hydrogens (tertiary/aromatic N) is 1. The van der Waals surface area contributed by atoms with Crippen LogP contribution in [0.4, 0.5) is 0 Å². The first-order valence-electron chi connectivity index (χ1n) is 8.12. The summed E-state index contributed by atoms with van der Waals surface area (Å²) in [7, 11) is -3.31. The number of hydrogen-bond acceptors (Lipinski definition) is 6. The molecule has 142 valence electrons. The minimum absolute atomic E-state index is 0.147. The summed E-state index contributed by atoms with van der Waals surface area (Å²) in [5.41, 5.74) is -0.400. The second-order valence-electron chi connectivity index (χ2n) is 6.11. The molecule has 0 aliphatic carbocycles. The van der Waals surface area contributed by atoms with Crippen molar-refractivity contribution in [1.82, 2.24) is 9.55 Å². The fourth-order valence-electron chi connectivity index (χ4n) is 1.97. The van der Waals surface area contributed by atoms with E-state index in [0.717, 1.165) is 0 Å². The average Bonchev–Trinajstić information content (AvgIpc) is 2.45. The van der Waals surface area contributed by atoms with Crippen LogP contribution in [0.2, 0.25) is 0 Å². The number of hydrogen-bond donors (Lipinski definition) is 1. The summed E-state index contributed by atoms with van der Waals surface area (Å²) in [5, 5.41) is 0. The number of rotatable bonds is 10. The van der Waals surface area contributed by atoms with E-state index in [1.807, 2.05) is 0 Å². The van der Waals surface area contributed by atoms with E-state index in [0.29, 0.717) is 12.1 Å². The van der Waals surface area contributed by atoms with Crippen LogP contribution in [0.1, 0.15) is 33.3 Å². The van der Waals surface area contributed by atoms with Crippen molar-refractivity contribution < 1.29 is 18.3 Å². The highest BCUT2D eigenvalue weighted by atomic mass is 31.2. The monoisotopic (exact) mass is 374 g/mol. The zero-order valence-corrected chi connectivity index (χ0v) is 16.2. The molecule has 0 aliphatic heterocycles. The Balaban J connectivity index is 2.52. The molecular weight excluding hydrogens is 347 g/mol. The normalized spacial score (nSPS) is 12.6. The molecule has 1 rings (SSSR count). The van der Waals surface area contributed by atoms with Crippen molar-refractivity contribution in [3.63, 3.8) is 0 Å². The number of allylic oxidation sites excluding steroid dienone is 1. The Hall–Kier alpha value is -1.47. The predicted molar refractivity (Wildman–Crippen MR) is 96.1 cm³/mol. The molecule has 0 atom stereocenters. The molecule has 1 aromatic rings. The Morgan fingerprint density at radius 1 is 1.16 bits per heavy atom. The van der Waals surface area contributed by atoms with Crippen LogP contribution in [-0.2, 0) is 24.9 Å². The molecule has 0 amide bonds. The van der Waals surface area contributed by atoms with Crippen LogP contribution >= 0.6 is 7.60 Å². The van der Waals surface area contributed by atoms with Gasteiger partial charge in [0.1, 0.15) is 6.35 Å². The zero-order chi connectivity index (χ0) is 19.0. The maximum atomic E-state index is 12.5. The van der Waals surface area contributed by atoms with E-state index in [1.54, 1.807) is 46.8 Å². The van der Waals surface area contributed by atoms with Gasteiger partial charge in [-0.05, 0) is 34.6 Å². The fraction of sp³-hybridized carbons (Fsp3) is 0.625. The number of aromatic nitrogens is 2. The summed E-state index contributed by atoms with van der Waals surface area (Å²) in [6.45, 7) is 9.23. The van der Waals surface area contributed by atoms with Gasteiger partial charge in [-0.3, -0.25) is 18.9 Å². The van der Waals surface area contributed by atoms with E-state index in [4.69, 9.17) is 13.8 Å². The minimum Gasteiger partial charge on any atom is -0.365 e. The van der Waals surface area contributed by atoms with Gasteiger partial charge in [-0.15, -0.1) is 0 Å². The van der Waals surface area contributed by atoms with Crippen LogP contribution in [0.15, 0.2) is 27.9 Å². The summed E-state index contributed by atoms with van der Waals surface area (Å²) in [5.74, 6) is 0. The molecule has 0 spiro atoms. The van der Waals surface area contributed by atoms with E-state index in [-0.39, 0.29) is 30.7 Å². The SMILES string of the molecule is Cc1cn(C/C=C\COCP(=O)(OC(C)C)OC(C)C)c(=O)[nH]c1=O. The molecule has 1 heterocycles. The zero-order valence-electron chi connectivity index (χ0n) is 15.4. The molecular formula is C16H27N2O6P. The third-order valence-corrected chi connectivity index (χ3v) is 4.85. The van der Waals surface area contributed by atoms with Crippen LogP contribution in [0.25, 0.3) is 0 Å². The van der Waals surface area contributed by atoms with Crippen molar-refractivity contribution in [2.45, 2.75) is 53.4 Å². The van der Waals surface area contributed by atoms with E-state index in [2.05, 4.69) is 4.98 Å².